The number of carbonyl (C=O) groups excluding carboxylic acids is 1. The second-order valence-electron chi connectivity index (χ2n) is 6.70. The van der Waals surface area contributed by atoms with Crippen LogP contribution >= 0.6 is 35.3 Å². The van der Waals surface area contributed by atoms with E-state index in [-0.39, 0.29) is 29.9 Å². The number of guanidine groups is 1. The molecule has 1 aromatic carbocycles. The molecular formula is C22H34IN5OS. The van der Waals surface area contributed by atoms with Gasteiger partial charge in [0.1, 0.15) is 0 Å². The van der Waals surface area contributed by atoms with E-state index in [0.717, 1.165) is 44.1 Å². The Labute approximate surface area is 201 Å². The molecule has 1 heterocycles. The molecule has 0 saturated heterocycles. The lowest BCUT2D eigenvalue weighted by Crippen LogP contribution is -2.43. The van der Waals surface area contributed by atoms with Crippen LogP contribution in [-0.2, 0) is 6.42 Å². The molecule has 0 aliphatic rings. The van der Waals surface area contributed by atoms with Crippen LogP contribution in [0.4, 0.5) is 0 Å². The Hall–Kier alpha value is -1.65. The zero-order valence-corrected chi connectivity index (χ0v) is 21.4. The van der Waals surface area contributed by atoms with Crippen molar-refractivity contribution in [3.8, 4) is 0 Å². The lowest BCUT2D eigenvalue weighted by molar-refractivity contribution is 0.0963. The largest absolute Gasteiger partial charge is 0.356 e. The molecule has 0 radical (unpaired) electrons. The average molecular weight is 544 g/mol. The van der Waals surface area contributed by atoms with Gasteiger partial charge in [-0.05, 0) is 59.6 Å². The summed E-state index contributed by atoms with van der Waals surface area (Å²) < 4.78 is 0. The molecule has 2 rings (SSSR count). The van der Waals surface area contributed by atoms with Crippen molar-refractivity contribution >= 4 is 47.2 Å². The first-order valence-corrected chi connectivity index (χ1v) is 11.1. The highest BCUT2D eigenvalue weighted by Crippen LogP contribution is 2.22. The van der Waals surface area contributed by atoms with Crippen LogP contribution in [0.3, 0.4) is 0 Å². The van der Waals surface area contributed by atoms with Gasteiger partial charge in [0, 0.05) is 32.7 Å². The Morgan fingerprint density at radius 1 is 1.20 bits per heavy atom. The number of nitrogens with zero attached hydrogens (tertiary/aromatic N) is 2. The molecule has 1 aromatic heterocycles. The van der Waals surface area contributed by atoms with E-state index in [0.29, 0.717) is 11.6 Å². The standard InChI is InChI=1S/C22H33N5OS.HI/c1-5-27(6-2)20(19-11-13-29-16-19)15-26-22(24-4)25-12-10-17-8-7-9-18(14-17)21(28)23-3;/h7-9,11,13-14,16,20H,5-6,10,12,15H2,1-4H3,(H,23,28)(H2,24,25,26);1H. The minimum Gasteiger partial charge on any atom is -0.356 e. The Bertz CT molecular complexity index is 778. The quantitative estimate of drug-likeness (QED) is 0.244. The molecule has 0 spiro atoms. The summed E-state index contributed by atoms with van der Waals surface area (Å²) in [4.78, 5) is 18.6. The van der Waals surface area contributed by atoms with Crippen molar-refractivity contribution in [2.75, 3.05) is 40.3 Å². The maximum atomic E-state index is 11.8. The minimum atomic E-state index is -0.0619. The number of amides is 1. The lowest BCUT2D eigenvalue weighted by Gasteiger charge is -2.30. The van der Waals surface area contributed by atoms with Gasteiger partial charge < -0.3 is 16.0 Å². The summed E-state index contributed by atoms with van der Waals surface area (Å²) in [5.41, 5.74) is 3.14. The van der Waals surface area contributed by atoms with Gasteiger partial charge in [-0.3, -0.25) is 14.7 Å². The number of hydrogen-bond acceptors (Lipinski definition) is 4. The van der Waals surface area contributed by atoms with Gasteiger partial charge in [0.05, 0.1) is 6.04 Å². The fraction of sp³-hybridized carbons (Fsp3) is 0.455. The van der Waals surface area contributed by atoms with E-state index >= 15 is 0 Å². The molecule has 0 aliphatic heterocycles. The van der Waals surface area contributed by atoms with Crippen LogP contribution in [0, 0.1) is 0 Å². The van der Waals surface area contributed by atoms with Crippen LogP contribution < -0.4 is 16.0 Å². The molecule has 2 aromatic rings. The van der Waals surface area contributed by atoms with Crippen molar-refractivity contribution in [1.82, 2.24) is 20.9 Å². The van der Waals surface area contributed by atoms with Gasteiger partial charge in [0.15, 0.2) is 5.96 Å². The van der Waals surface area contributed by atoms with E-state index in [2.05, 4.69) is 56.5 Å². The molecule has 0 aliphatic carbocycles. The van der Waals surface area contributed by atoms with E-state index in [1.54, 1.807) is 25.4 Å². The summed E-state index contributed by atoms with van der Waals surface area (Å²) >= 11 is 1.73. The first kappa shape index (κ1) is 26.4. The normalized spacial score (nSPS) is 12.2. The number of thiophene rings is 1. The Morgan fingerprint density at radius 3 is 2.57 bits per heavy atom. The summed E-state index contributed by atoms with van der Waals surface area (Å²) in [5.74, 6) is 0.730. The summed E-state index contributed by atoms with van der Waals surface area (Å²) in [6.45, 7) is 7.94. The van der Waals surface area contributed by atoms with Crippen LogP contribution in [0.1, 0.15) is 41.4 Å². The number of nitrogens with one attached hydrogen (secondary N) is 3. The number of likely N-dealkylation sites (N-methyl/N-ethyl adjacent to an activating group) is 1. The summed E-state index contributed by atoms with van der Waals surface area (Å²) in [7, 11) is 3.44. The van der Waals surface area contributed by atoms with Gasteiger partial charge in [0.2, 0.25) is 0 Å². The van der Waals surface area contributed by atoms with Gasteiger partial charge in [-0.2, -0.15) is 11.3 Å². The number of carbonyl (C=O) groups is 1. The Morgan fingerprint density at radius 2 is 1.97 bits per heavy atom. The van der Waals surface area contributed by atoms with Crippen LogP contribution in [0.5, 0.6) is 0 Å². The summed E-state index contributed by atoms with van der Waals surface area (Å²) in [6, 6.07) is 10.2. The molecule has 1 atom stereocenters. The van der Waals surface area contributed by atoms with Gasteiger partial charge in [-0.25, -0.2) is 0 Å². The molecule has 0 fully saturated rings. The SMILES string of the molecule is CCN(CC)C(CNC(=NC)NCCc1cccc(C(=O)NC)c1)c1ccsc1.I. The summed E-state index contributed by atoms with van der Waals surface area (Å²) in [5, 5.41) is 13.9. The molecule has 1 unspecified atom stereocenters. The van der Waals surface area contributed by atoms with Crippen LogP contribution in [0.2, 0.25) is 0 Å². The zero-order valence-electron chi connectivity index (χ0n) is 18.3. The van der Waals surface area contributed by atoms with Crippen LogP contribution in [0.25, 0.3) is 0 Å². The maximum Gasteiger partial charge on any atom is 0.251 e. The topological polar surface area (TPSA) is 68.8 Å². The Kier molecular flexibility index (Phi) is 12.6. The third kappa shape index (κ3) is 7.88. The number of aliphatic imine (C=N–C) groups is 1. The second-order valence-corrected chi connectivity index (χ2v) is 7.48. The van der Waals surface area contributed by atoms with Gasteiger partial charge in [-0.1, -0.05) is 26.0 Å². The van der Waals surface area contributed by atoms with Crippen LogP contribution in [-0.4, -0.2) is 57.0 Å². The van der Waals surface area contributed by atoms with E-state index in [9.17, 15) is 4.79 Å². The predicted octanol–water partition coefficient (Wildman–Crippen LogP) is 3.52. The van der Waals surface area contributed by atoms with Gasteiger partial charge >= 0.3 is 0 Å². The van der Waals surface area contributed by atoms with Crippen molar-refractivity contribution in [2.45, 2.75) is 26.3 Å². The number of benzene rings is 1. The highest BCUT2D eigenvalue weighted by Gasteiger charge is 2.18. The lowest BCUT2D eigenvalue weighted by atomic mass is 10.1. The molecule has 166 valence electrons. The van der Waals surface area contributed by atoms with Crippen molar-refractivity contribution in [3.05, 3.63) is 57.8 Å². The fourth-order valence-electron chi connectivity index (χ4n) is 3.34. The van der Waals surface area contributed by atoms with E-state index < -0.39 is 0 Å². The number of hydrogen-bond donors (Lipinski definition) is 3. The molecule has 3 N–H and O–H groups in total. The van der Waals surface area contributed by atoms with Crippen molar-refractivity contribution < 1.29 is 4.79 Å². The minimum absolute atomic E-state index is 0. The number of rotatable bonds is 10. The zero-order chi connectivity index (χ0) is 21.1. The van der Waals surface area contributed by atoms with Crippen molar-refractivity contribution in [3.63, 3.8) is 0 Å². The molecule has 8 heteroatoms. The van der Waals surface area contributed by atoms with Crippen molar-refractivity contribution in [1.29, 1.82) is 0 Å². The highest BCUT2D eigenvalue weighted by molar-refractivity contribution is 14.0. The second kappa shape index (κ2) is 14.4. The third-order valence-corrected chi connectivity index (χ3v) is 5.69. The fourth-order valence-corrected chi connectivity index (χ4v) is 4.05. The van der Waals surface area contributed by atoms with E-state index in [4.69, 9.17) is 0 Å². The predicted molar refractivity (Wildman–Crippen MR) is 138 cm³/mol. The molecule has 0 saturated carbocycles. The first-order valence-electron chi connectivity index (χ1n) is 10.1. The molecular weight excluding hydrogens is 509 g/mol. The first-order chi connectivity index (χ1) is 14.1. The summed E-state index contributed by atoms with van der Waals surface area (Å²) in [6.07, 6.45) is 0.815. The van der Waals surface area contributed by atoms with E-state index in [1.165, 1.54) is 5.56 Å². The van der Waals surface area contributed by atoms with Gasteiger partial charge in [0.25, 0.3) is 5.91 Å². The third-order valence-electron chi connectivity index (χ3n) is 4.99. The molecule has 1 amide bonds. The Balaban J connectivity index is 0.00000450. The average Bonchev–Trinajstić information content (AvgIpc) is 3.29. The number of halogens is 1. The highest BCUT2D eigenvalue weighted by atomic mass is 127. The molecule has 6 nitrogen and oxygen atoms in total. The van der Waals surface area contributed by atoms with Crippen LogP contribution in [0.15, 0.2) is 46.1 Å². The maximum absolute atomic E-state index is 11.8. The molecule has 0 bridgehead atoms. The van der Waals surface area contributed by atoms with Crippen molar-refractivity contribution in [2.24, 2.45) is 4.99 Å². The van der Waals surface area contributed by atoms with Gasteiger partial charge in [-0.15, -0.1) is 24.0 Å². The van der Waals surface area contributed by atoms with E-state index in [1.807, 2.05) is 24.3 Å². The monoisotopic (exact) mass is 543 g/mol. The molecule has 30 heavy (non-hydrogen) atoms. The smallest absolute Gasteiger partial charge is 0.251 e.